The molecule has 0 saturated carbocycles. The third-order valence-electron chi connectivity index (χ3n) is 5.37. The van der Waals surface area contributed by atoms with Gasteiger partial charge in [-0.2, -0.15) is 0 Å². The molecule has 4 rings (SSSR count). The lowest BCUT2D eigenvalue weighted by molar-refractivity contribution is -0.122. The van der Waals surface area contributed by atoms with Crippen LogP contribution in [0.1, 0.15) is 41.3 Å². The van der Waals surface area contributed by atoms with Crippen molar-refractivity contribution < 1.29 is 9.59 Å². The highest BCUT2D eigenvalue weighted by Crippen LogP contribution is 2.32. The number of nitrogens with zero attached hydrogens (tertiary/aromatic N) is 2. The van der Waals surface area contributed by atoms with Crippen molar-refractivity contribution in [2.45, 2.75) is 32.6 Å². The molecule has 1 saturated heterocycles. The van der Waals surface area contributed by atoms with Crippen LogP contribution >= 0.6 is 35.3 Å². The van der Waals surface area contributed by atoms with Gasteiger partial charge < -0.3 is 5.32 Å². The zero-order chi connectivity index (χ0) is 23.9. The Morgan fingerprint density at radius 2 is 1.88 bits per heavy atom. The van der Waals surface area contributed by atoms with E-state index in [2.05, 4.69) is 41.5 Å². The van der Waals surface area contributed by atoms with Gasteiger partial charge in [0, 0.05) is 30.5 Å². The van der Waals surface area contributed by atoms with Crippen molar-refractivity contribution in [2.24, 2.45) is 0 Å². The molecule has 1 aliphatic heterocycles. The molecule has 34 heavy (non-hydrogen) atoms. The Morgan fingerprint density at radius 3 is 2.62 bits per heavy atom. The van der Waals surface area contributed by atoms with Crippen LogP contribution in [0.25, 0.3) is 6.08 Å². The van der Waals surface area contributed by atoms with E-state index in [0.717, 1.165) is 23.3 Å². The fourth-order valence-corrected chi connectivity index (χ4v) is 5.69. The Kier molecular flexibility index (Phi) is 8.26. The summed E-state index contributed by atoms with van der Waals surface area (Å²) in [5.41, 5.74) is 3.44. The van der Waals surface area contributed by atoms with Gasteiger partial charge in [-0.1, -0.05) is 85.5 Å². The minimum absolute atomic E-state index is 0.0968. The Labute approximate surface area is 213 Å². The van der Waals surface area contributed by atoms with E-state index >= 15 is 0 Å². The van der Waals surface area contributed by atoms with Crippen molar-refractivity contribution in [1.29, 1.82) is 0 Å². The van der Waals surface area contributed by atoms with Gasteiger partial charge in [0.1, 0.15) is 4.32 Å². The highest BCUT2D eigenvalue weighted by atomic mass is 32.2. The summed E-state index contributed by atoms with van der Waals surface area (Å²) in [5, 5.41) is 3.46. The number of nitrogens with one attached hydrogen (secondary N) is 1. The Morgan fingerprint density at radius 1 is 1.12 bits per heavy atom. The average Bonchev–Trinajstić information content (AvgIpc) is 3.38. The number of hydrogen-bond donors (Lipinski definition) is 1. The number of rotatable bonds is 9. The number of carbonyl (C=O) groups is 2. The minimum Gasteiger partial charge on any atom is -0.302 e. The summed E-state index contributed by atoms with van der Waals surface area (Å²) in [7, 11) is 0. The van der Waals surface area contributed by atoms with Crippen LogP contribution in [-0.4, -0.2) is 32.6 Å². The summed E-state index contributed by atoms with van der Waals surface area (Å²) >= 11 is 8.20. The lowest BCUT2D eigenvalue weighted by Gasteiger charge is -2.13. The number of aromatic nitrogens is 1. The molecule has 2 aromatic carbocycles. The summed E-state index contributed by atoms with van der Waals surface area (Å²) in [6.07, 6.45) is 6.27. The molecule has 2 heterocycles. The van der Waals surface area contributed by atoms with E-state index < -0.39 is 0 Å². The summed E-state index contributed by atoms with van der Waals surface area (Å²) in [5.74, 6) is -0.210. The summed E-state index contributed by atoms with van der Waals surface area (Å²) in [6, 6.07) is 18.3. The van der Waals surface area contributed by atoms with Crippen LogP contribution in [0.15, 0.2) is 65.7 Å². The summed E-state index contributed by atoms with van der Waals surface area (Å²) in [4.78, 5) is 32.8. The van der Waals surface area contributed by atoms with Crippen LogP contribution in [0.3, 0.4) is 0 Å². The van der Waals surface area contributed by atoms with Gasteiger partial charge in [-0.05, 0) is 35.6 Å². The number of carbonyl (C=O) groups excluding carboxylic acids is 2. The molecule has 1 fully saturated rings. The first-order valence-corrected chi connectivity index (χ1v) is 13.2. The third-order valence-corrected chi connectivity index (χ3v) is 7.66. The van der Waals surface area contributed by atoms with Crippen molar-refractivity contribution in [3.05, 3.63) is 87.3 Å². The van der Waals surface area contributed by atoms with Crippen LogP contribution in [0.4, 0.5) is 5.13 Å². The van der Waals surface area contributed by atoms with Crippen molar-refractivity contribution >= 4 is 62.7 Å². The number of thiazole rings is 1. The smallest absolute Gasteiger partial charge is 0.266 e. The van der Waals surface area contributed by atoms with Crippen molar-refractivity contribution in [3.63, 3.8) is 0 Å². The standard InChI is InChI=1S/C26H25N3O2S3/c1-2-18-10-12-20(13-11-18)16-22-24(31)29(26(32)34-22)14-6-9-23(30)28-25-27-17-21(33-25)15-19-7-4-3-5-8-19/h3-5,7-8,10-13,16-17H,2,6,9,14-15H2,1H3,(H,27,28,30)/b22-16+. The van der Waals surface area contributed by atoms with Gasteiger partial charge in [0.2, 0.25) is 5.91 Å². The van der Waals surface area contributed by atoms with Crippen LogP contribution in [-0.2, 0) is 22.4 Å². The van der Waals surface area contributed by atoms with E-state index in [1.807, 2.05) is 36.4 Å². The van der Waals surface area contributed by atoms with E-state index in [1.54, 1.807) is 11.1 Å². The highest BCUT2D eigenvalue weighted by Gasteiger charge is 2.31. The second-order valence-corrected chi connectivity index (χ2v) is 10.7. The average molecular weight is 508 g/mol. The monoisotopic (exact) mass is 507 g/mol. The van der Waals surface area contributed by atoms with Crippen molar-refractivity contribution in [3.8, 4) is 0 Å². The van der Waals surface area contributed by atoms with Gasteiger partial charge in [0.05, 0.1) is 4.91 Å². The van der Waals surface area contributed by atoms with E-state index in [4.69, 9.17) is 12.2 Å². The zero-order valence-electron chi connectivity index (χ0n) is 18.8. The number of thioether (sulfide) groups is 1. The molecule has 1 N–H and O–H groups in total. The Balaban J connectivity index is 1.25. The molecule has 0 aliphatic carbocycles. The molecule has 1 aromatic heterocycles. The minimum atomic E-state index is -0.113. The molecule has 3 aromatic rings. The highest BCUT2D eigenvalue weighted by molar-refractivity contribution is 8.26. The van der Waals surface area contributed by atoms with Crippen molar-refractivity contribution in [1.82, 2.24) is 9.88 Å². The number of hydrogen-bond acceptors (Lipinski definition) is 6. The maximum absolute atomic E-state index is 12.8. The molecule has 8 heteroatoms. The number of anilines is 1. The van der Waals surface area contributed by atoms with E-state index in [0.29, 0.717) is 33.7 Å². The molecule has 1 aliphatic rings. The normalized spacial score (nSPS) is 14.7. The predicted octanol–water partition coefficient (Wildman–Crippen LogP) is 5.92. The zero-order valence-corrected chi connectivity index (χ0v) is 21.3. The van der Waals surface area contributed by atoms with Gasteiger partial charge in [0.25, 0.3) is 5.91 Å². The predicted molar refractivity (Wildman–Crippen MR) is 145 cm³/mol. The van der Waals surface area contributed by atoms with E-state index in [1.165, 1.54) is 34.2 Å². The first kappa shape index (κ1) is 24.3. The number of amides is 2. The summed E-state index contributed by atoms with van der Waals surface area (Å²) < 4.78 is 0.535. The van der Waals surface area contributed by atoms with Gasteiger partial charge in [-0.25, -0.2) is 4.98 Å². The Bertz CT molecular complexity index is 1200. The number of thiocarbonyl (C=S) groups is 1. The lowest BCUT2D eigenvalue weighted by Crippen LogP contribution is -2.29. The number of benzene rings is 2. The van der Waals surface area contributed by atoms with E-state index in [9.17, 15) is 9.59 Å². The van der Waals surface area contributed by atoms with Gasteiger partial charge in [-0.3, -0.25) is 14.5 Å². The van der Waals surface area contributed by atoms with Crippen LogP contribution in [0.2, 0.25) is 0 Å². The quantitative estimate of drug-likeness (QED) is 0.288. The maximum Gasteiger partial charge on any atom is 0.266 e. The van der Waals surface area contributed by atoms with Crippen LogP contribution < -0.4 is 5.32 Å². The molecule has 0 bridgehead atoms. The van der Waals surface area contributed by atoms with Crippen LogP contribution in [0.5, 0.6) is 0 Å². The summed E-state index contributed by atoms with van der Waals surface area (Å²) in [6.45, 7) is 2.53. The molecule has 5 nitrogen and oxygen atoms in total. The second-order valence-electron chi connectivity index (χ2n) is 7.87. The third kappa shape index (κ3) is 6.40. The molecule has 0 unspecified atom stereocenters. The lowest BCUT2D eigenvalue weighted by atomic mass is 10.1. The first-order chi connectivity index (χ1) is 16.5. The van der Waals surface area contributed by atoms with Crippen molar-refractivity contribution in [2.75, 3.05) is 11.9 Å². The van der Waals surface area contributed by atoms with Crippen LogP contribution in [0, 0.1) is 0 Å². The fourth-order valence-electron chi connectivity index (χ4n) is 3.52. The molecule has 0 radical (unpaired) electrons. The first-order valence-electron chi connectivity index (χ1n) is 11.1. The molecule has 0 spiro atoms. The molecular formula is C26H25N3O2S3. The fraction of sp³-hybridized carbons (Fsp3) is 0.231. The maximum atomic E-state index is 12.8. The largest absolute Gasteiger partial charge is 0.302 e. The van der Waals surface area contributed by atoms with Gasteiger partial charge in [-0.15, -0.1) is 11.3 Å². The Hall–Kier alpha value is -2.81. The molecule has 174 valence electrons. The molecular weight excluding hydrogens is 483 g/mol. The van der Waals surface area contributed by atoms with Gasteiger partial charge in [0.15, 0.2) is 5.13 Å². The van der Waals surface area contributed by atoms with E-state index in [-0.39, 0.29) is 11.8 Å². The van der Waals surface area contributed by atoms with Gasteiger partial charge >= 0.3 is 0 Å². The molecule has 0 atom stereocenters. The topological polar surface area (TPSA) is 62.3 Å². The second kappa shape index (κ2) is 11.6. The SMILES string of the molecule is CCc1ccc(/C=C2/SC(=S)N(CCCC(=O)Nc3ncc(Cc4ccccc4)s3)C2=O)cc1. The molecule has 2 amide bonds. The number of aryl methyl sites for hydroxylation is 1.